The van der Waals surface area contributed by atoms with Crippen LogP contribution in [0.4, 0.5) is 14.5 Å². The van der Waals surface area contributed by atoms with Crippen LogP contribution < -0.4 is 14.8 Å². The molecule has 2 rings (SSSR count). The normalized spacial score (nSPS) is 16.4. The minimum Gasteiger partial charge on any atom is -0.497 e. The van der Waals surface area contributed by atoms with Gasteiger partial charge in [0, 0.05) is 12.1 Å². The Labute approximate surface area is 111 Å². The van der Waals surface area contributed by atoms with E-state index in [9.17, 15) is 8.78 Å². The van der Waals surface area contributed by atoms with Gasteiger partial charge in [0.1, 0.15) is 11.5 Å². The second-order valence-corrected chi connectivity index (χ2v) is 4.72. The van der Waals surface area contributed by atoms with Gasteiger partial charge in [-0.05, 0) is 25.0 Å². The quantitative estimate of drug-likeness (QED) is 0.876. The molecule has 1 aromatic carbocycles. The van der Waals surface area contributed by atoms with Crippen LogP contribution in [0.5, 0.6) is 11.5 Å². The third kappa shape index (κ3) is 3.98. The molecule has 1 aliphatic rings. The fourth-order valence-corrected chi connectivity index (χ4v) is 2.41. The highest BCUT2D eigenvalue weighted by Gasteiger charge is 2.17. The van der Waals surface area contributed by atoms with Crippen molar-refractivity contribution in [1.29, 1.82) is 0 Å². The lowest BCUT2D eigenvalue weighted by molar-refractivity contribution is -0.0494. The zero-order valence-electron chi connectivity index (χ0n) is 11.0. The van der Waals surface area contributed by atoms with Gasteiger partial charge in [0.25, 0.3) is 0 Å². The SMILES string of the molecule is COc1ccc(OC(F)F)c(NC2CCCCC2)c1. The molecule has 106 valence electrons. The van der Waals surface area contributed by atoms with E-state index in [0.29, 0.717) is 17.5 Å². The number of methoxy groups -OCH3 is 1. The third-order valence-corrected chi connectivity index (χ3v) is 3.37. The molecular weight excluding hydrogens is 252 g/mol. The maximum atomic E-state index is 12.4. The highest BCUT2D eigenvalue weighted by atomic mass is 19.3. The summed E-state index contributed by atoms with van der Waals surface area (Å²) in [5.41, 5.74) is 0.576. The lowest BCUT2D eigenvalue weighted by Gasteiger charge is -2.25. The number of anilines is 1. The summed E-state index contributed by atoms with van der Waals surface area (Å²) in [6, 6.07) is 5.15. The van der Waals surface area contributed by atoms with Crippen LogP contribution in [-0.2, 0) is 0 Å². The van der Waals surface area contributed by atoms with Crippen LogP contribution in [0, 0.1) is 0 Å². The summed E-state index contributed by atoms with van der Waals surface area (Å²) in [6.07, 6.45) is 5.71. The molecule has 0 radical (unpaired) electrons. The molecule has 19 heavy (non-hydrogen) atoms. The summed E-state index contributed by atoms with van der Waals surface area (Å²) in [4.78, 5) is 0. The molecule has 3 nitrogen and oxygen atoms in total. The molecule has 0 atom stereocenters. The van der Waals surface area contributed by atoms with E-state index in [4.69, 9.17) is 4.74 Å². The van der Waals surface area contributed by atoms with Crippen molar-refractivity contribution in [2.24, 2.45) is 0 Å². The Morgan fingerprint density at radius 2 is 1.95 bits per heavy atom. The van der Waals surface area contributed by atoms with Gasteiger partial charge in [0.15, 0.2) is 0 Å². The van der Waals surface area contributed by atoms with Crippen molar-refractivity contribution in [3.63, 3.8) is 0 Å². The molecule has 0 unspecified atom stereocenters. The van der Waals surface area contributed by atoms with Gasteiger partial charge < -0.3 is 14.8 Å². The number of halogens is 2. The summed E-state index contributed by atoms with van der Waals surface area (Å²) in [7, 11) is 1.55. The number of hydrogen-bond donors (Lipinski definition) is 1. The topological polar surface area (TPSA) is 30.5 Å². The average Bonchev–Trinajstić information content (AvgIpc) is 2.41. The van der Waals surface area contributed by atoms with Gasteiger partial charge in [-0.3, -0.25) is 0 Å². The second kappa shape index (κ2) is 6.59. The van der Waals surface area contributed by atoms with E-state index in [1.807, 2.05) is 0 Å². The zero-order valence-corrected chi connectivity index (χ0v) is 11.0. The third-order valence-electron chi connectivity index (χ3n) is 3.37. The van der Waals surface area contributed by atoms with Crippen molar-refractivity contribution in [3.05, 3.63) is 18.2 Å². The van der Waals surface area contributed by atoms with E-state index in [-0.39, 0.29) is 5.75 Å². The van der Waals surface area contributed by atoms with E-state index < -0.39 is 6.61 Å². The van der Waals surface area contributed by atoms with E-state index in [0.717, 1.165) is 12.8 Å². The molecule has 0 aromatic heterocycles. The fraction of sp³-hybridized carbons (Fsp3) is 0.571. The Morgan fingerprint density at radius 1 is 1.21 bits per heavy atom. The minimum absolute atomic E-state index is 0.168. The smallest absolute Gasteiger partial charge is 0.387 e. The van der Waals surface area contributed by atoms with Gasteiger partial charge in [-0.15, -0.1) is 0 Å². The lowest BCUT2D eigenvalue weighted by Crippen LogP contribution is -2.22. The summed E-state index contributed by atoms with van der Waals surface area (Å²) >= 11 is 0. The summed E-state index contributed by atoms with van der Waals surface area (Å²) in [6.45, 7) is -2.82. The molecule has 1 N–H and O–H groups in total. The van der Waals surface area contributed by atoms with Crippen LogP contribution in [-0.4, -0.2) is 19.8 Å². The summed E-state index contributed by atoms with van der Waals surface area (Å²) in [5, 5.41) is 3.29. The molecule has 1 aromatic rings. The first kappa shape index (κ1) is 13.9. The van der Waals surface area contributed by atoms with E-state index in [1.54, 1.807) is 19.2 Å². The van der Waals surface area contributed by atoms with Crippen molar-refractivity contribution in [3.8, 4) is 11.5 Å². The Hall–Kier alpha value is -1.52. The molecule has 0 spiro atoms. The molecular formula is C14H19F2NO2. The number of rotatable bonds is 5. The maximum Gasteiger partial charge on any atom is 0.387 e. The molecule has 5 heteroatoms. The Morgan fingerprint density at radius 3 is 2.58 bits per heavy atom. The summed E-state index contributed by atoms with van der Waals surface area (Å²) in [5.74, 6) is 0.793. The highest BCUT2D eigenvalue weighted by Crippen LogP contribution is 2.32. The summed E-state index contributed by atoms with van der Waals surface area (Å²) < 4.78 is 34.4. The van der Waals surface area contributed by atoms with Crippen LogP contribution in [0.1, 0.15) is 32.1 Å². The van der Waals surface area contributed by atoms with Crippen LogP contribution >= 0.6 is 0 Å². The Kier molecular flexibility index (Phi) is 4.82. The van der Waals surface area contributed by atoms with Crippen molar-refractivity contribution in [1.82, 2.24) is 0 Å². The molecule has 0 bridgehead atoms. The molecule has 0 aliphatic heterocycles. The number of nitrogens with one attached hydrogen (secondary N) is 1. The molecule has 0 amide bonds. The van der Waals surface area contributed by atoms with E-state index in [2.05, 4.69) is 10.1 Å². The monoisotopic (exact) mass is 271 g/mol. The maximum absolute atomic E-state index is 12.4. The van der Waals surface area contributed by atoms with Gasteiger partial charge in [0.05, 0.1) is 12.8 Å². The van der Waals surface area contributed by atoms with Gasteiger partial charge in [-0.1, -0.05) is 19.3 Å². The van der Waals surface area contributed by atoms with Crippen LogP contribution in [0.25, 0.3) is 0 Å². The van der Waals surface area contributed by atoms with Crippen LogP contribution in [0.3, 0.4) is 0 Å². The van der Waals surface area contributed by atoms with Crippen molar-refractivity contribution in [2.75, 3.05) is 12.4 Å². The Bertz CT molecular complexity index is 406. The largest absolute Gasteiger partial charge is 0.497 e. The second-order valence-electron chi connectivity index (χ2n) is 4.72. The predicted octanol–water partition coefficient (Wildman–Crippen LogP) is 4.04. The first-order valence-electron chi connectivity index (χ1n) is 6.58. The van der Waals surface area contributed by atoms with Crippen molar-refractivity contribution < 1.29 is 18.3 Å². The highest BCUT2D eigenvalue weighted by molar-refractivity contribution is 5.60. The van der Waals surface area contributed by atoms with E-state index >= 15 is 0 Å². The first-order chi connectivity index (χ1) is 9.19. The molecule has 1 fully saturated rings. The Balaban J connectivity index is 2.13. The molecule has 0 saturated heterocycles. The standard InChI is InChI=1S/C14H19F2NO2/c1-18-11-7-8-13(19-14(15)16)12(9-11)17-10-5-3-2-4-6-10/h7-10,14,17H,2-6H2,1H3. The van der Waals surface area contributed by atoms with Gasteiger partial charge in [-0.25, -0.2) is 0 Å². The average molecular weight is 271 g/mol. The van der Waals surface area contributed by atoms with Gasteiger partial charge >= 0.3 is 6.61 Å². The fourth-order valence-electron chi connectivity index (χ4n) is 2.41. The van der Waals surface area contributed by atoms with Crippen molar-refractivity contribution >= 4 is 5.69 Å². The predicted molar refractivity (Wildman–Crippen MR) is 70.1 cm³/mol. The number of alkyl halides is 2. The van der Waals surface area contributed by atoms with Crippen LogP contribution in [0.2, 0.25) is 0 Å². The van der Waals surface area contributed by atoms with Crippen LogP contribution in [0.15, 0.2) is 18.2 Å². The minimum atomic E-state index is -2.82. The first-order valence-corrected chi connectivity index (χ1v) is 6.58. The molecule has 1 saturated carbocycles. The molecule has 0 heterocycles. The molecule has 1 aliphatic carbocycles. The number of hydrogen-bond acceptors (Lipinski definition) is 3. The van der Waals surface area contributed by atoms with Crippen molar-refractivity contribution in [2.45, 2.75) is 44.8 Å². The zero-order chi connectivity index (χ0) is 13.7. The van der Waals surface area contributed by atoms with E-state index in [1.165, 1.54) is 25.3 Å². The lowest BCUT2D eigenvalue weighted by atomic mass is 9.95. The van der Waals surface area contributed by atoms with Gasteiger partial charge in [0.2, 0.25) is 0 Å². The number of ether oxygens (including phenoxy) is 2. The van der Waals surface area contributed by atoms with Gasteiger partial charge in [-0.2, -0.15) is 8.78 Å². The number of benzene rings is 1.